The molecule has 0 bridgehead atoms. The molecule has 1 atom stereocenters. The standard InChI is InChI=1S/C9H11N3O2/c1-7(8-3-2-4-13-8)10-5-9-11-6-14-12-9/h2-4,6-7,10H,5H2,1H3. The minimum Gasteiger partial charge on any atom is -0.468 e. The minimum absolute atomic E-state index is 0.142. The van der Waals surface area contributed by atoms with E-state index in [-0.39, 0.29) is 6.04 Å². The first-order valence-electron chi connectivity index (χ1n) is 4.38. The van der Waals surface area contributed by atoms with Crippen molar-refractivity contribution in [1.29, 1.82) is 0 Å². The fourth-order valence-corrected chi connectivity index (χ4v) is 1.15. The van der Waals surface area contributed by atoms with Gasteiger partial charge in [0.05, 0.1) is 18.8 Å². The van der Waals surface area contributed by atoms with Crippen molar-refractivity contribution >= 4 is 0 Å². The summed E-state index contributed by atoms with van der Waals surface area (Å²) in [5.74, 6) is 1.54. The zero-order valence-corrected chi connectivity index (χ0v) is 7.80. The van der Waals surface area contributed by atoms with Gasteiger partial charge in [0.25, 0.3) is 0 Å². The molecule has 0 amide bonds. The molecule has 2 aromatic heterocycles. The van der Waals surface area contributed by atoms with Crippen LogP contribution in [0.1, 0.15) is 24.6 Å². The average Bonchev–Trinajstić information content (AvgIpc) is 2.87. The lowest BCUT2D eigenvalue weighted by Gasteiger charge is -2.08. The average molecular weight is 193 g/mol. The smallest absolute Gasteiger partial charge is 0.213 e. The summed E-state index contributed by atoms with van der Waals surface area (Å²) in [5, 5.41) is 6.90. The van der Waals surface area contributed by atoms with E-state index in [2.05, 4.69) is 20.0 Å². The molecular weight excluding hydrogens is 182 g/mol. The van der Waals surface area contributed by atoms with Gasteiger partial charge in [0, 0.05) is 0 Å². The quantitative estimate of drug-likeness (QED) is 0.797. The maximum absolute atomic E-state index is 5.24. The van der Waals surface area contributed by atoms with Gasteiger partial charge < -0.3 is 14.3 Å². The molecule has 5 nitrogen and oxygen atoms in total. The second-order valence-electron chi connectivity index (χ2n) is 2.97. The number of aromatic nitrogens is 2. The molecule has 2 heterocycles. The van der Waals surface area contributed by atoms with Crippen molar-refractivity contribution in [3.8, 4) is 0 Å². The molecule has 0 aromatic carbocycles. The third-order valence-electron chi connectivity index (χ3n) is 1.94. The van der Waals surface area contributed by atoms with Crippen molar-refractivity contribution in [2.24, 2.45) is 0 Å². The van der Waals surface area contributed by atoms with Crippen LogP contribution < -0.4 is 5.32 Å². The fourth-order valence-electron chi connectivity index (χ4n) is 1.15. The van der Waals surface area contributed by atoms with Gasteiger partial charge in [0.15, 0.2) is 5.82 Å². The zero-order valence-electron chi connectivity index (χ0n) is 7.80. The summed E-state index contributed by atoms with van der Waals surface area (Å²) in [6.07, 6.45) is 2.97. The van der Waals surface area contributed by atoms with Crippen LogP contribution in [-0.4, -0.2) is 10.1 Å². The van der Waals surface area contributed by atoms with Crippen molar-refractivity contribution < 1.29 is 8.94 Å². The molecule has 0 saturated heterocycles. The Kier molecular flexibility index (Phi) is 2.60. The number of nitrogens with zero attached hydrogens (tertiary/aromatic N) is 2. The second-order valence-corrected chi connectivity index (χ2v) is 2.97. The highest BCUT2D eigenvalue weighted by molar-refractivity contribution is 5.03. The molecule has 0 aliphatic carbocycles. The predicted octanol–water partition coefficient (Wildman–Crippen LogP) is 1.51. The van der Waals surface area contributed by atoms with E-state index in [0.29, 0.717) is 12.4 Å². The molecule has 1 N–H and O–H groups in total. The van der Waals surface area contributed by atoms with Crippen LogP contribution in [0.25, 0.3) is 0 Å². The number of furan rings is 1. The van der Waals surface area contributed by atoms with Gasteiger partial charge in [-0.3, -0.25) is 0 Å². The Bertz CT molecular complexity index is 355. The molecule has 1 unspecified atom stereocenters. The van der Waals surface area contributed by atoms with E-state index in [1.165, 1.54) is 6.39 Å². The van der Waals surface area contributed by atoms with Crippen LogP contribution in [0.2, 0.25) is 0 Å². The summed E-state index contributed by atoms with van der Waals surface area (Å²) in [7, 11) is 0. The zero-order chi connectivity index (χ0) is 9.80. The number of nitrogens with one attached hydrogen (secondary N) is 1. The van der Waals surface area contributed by atoms with E-state index in [9.17, 15) is 0 Å². The lowest BCUT2D eigenvalue weighted by molar-refractivity contribution is 0.396. The Hall–Kier alpha value is -1.62. The van der Waals surface area contributed by atoms with E-state index < -0.39 is 0 Å². The summed E-state index contributed by atoms with van der Waals surface area (Å²) < 4.78 is 9.85. The first kappa shape index (κ1) is 8.96. The lowest BCUT2D eigenvalue weighted by Crippen LogP contribution is -2.18. The molecule has 5 heteroatoms. The van der Waals surface area contributed by atoms with Crippen LogP contribution in [0.4, 0.5) is 0 Å². The fraction of sp³-hybridized carbons (Fsp3) is 0.333. The normalized spacial score (nSPS) is 12.9. The monoisotopic (exact) mass is 193 g/mol. The Morgan fingerprint density at radius 1 is 1.57 bits per heavy atom. The van der Waals surface area contributed by atoms with Crippen molar-refractivity contribution in [3.63, 3.8) is 0 Å². The summed E-state index contributed by atoms with van der Waals surface area (Å²) in [4.78, 5) is 3.90. The Morgan fingerprint density at radius 2 is 2.50 bits per heavy atom. The van der Waals surface area contributed by atoms with Gasteiger partial charge in [0.1, 0.15) is 5.76 Å². The summed E-state index contributed by atoms with van der Waals surface area (Å²) >= 11 is 0. The van der Waals surface area contributed by atoms with Gasteiger partial charge in [-0.1, -0.05) is 5.16 Å². The van der Waals surface area contributed by atoms with Crippen molar-refractivity contribution in [1.82, 2.24) is 15.5 Å². The van der Waals surface area contributed by atoms with Gasteiger partial charge in [-0.15, -0.1) is 0 Å². The van der Waals surface area contributed by atoms with Gasteiger partial charge in [-0.25, -0.2) is 0 Å². The third kappa shape index (κ3) is 2.00. The van der Waals surface area contributed by atoms with Gasteiger partial charge in [0.2, 0.25) is 6.39 Å². The summed E-state index contributed by atoms with van der Waals surface area (Å²) in [6.45, 7) is 2.58. The Morgan fingerprint density at radius 3 is 3.14 bits per heavy atom. The molecule has 0 radical (unpaired) electrons. The van der Waals surface area contributed by atoms with Gasteiger partial charge >= 0.3 is 0 Å². The van der Waals surface area contributed by atoms with Crippen LogP contribution in [0.5, 0.6) is 0 Å². The molecule has 0 aliphatic rings. The van der Waals surface area contributed by atoms with Crippen LogP contribution >= 0.6 is 0 Å². The van der Waals surface area contributed by atoms with Gasteiger partial charge in [-0.05, 0) is 19.1 Å². The van der Waals surface area contributed by atoms with E-state index in [0.717, 1.165) is 5.76 Å². The Labute approximate surface area is 81.1 Å². The first-order valence-corrected chi connectivity index (χ1v) is 4.38. The molecule has 74 valence electrons. The van der Waals surface area contributed by atoms with E-state index in [1.807, 2.05) is 19.1 Å². The van der Waals surface area contributed by atoms with Crippen LogP contribution in [0.3, 0.4) is 0 Å². The predicted molar refractivity (Wildman–Crippen MR) is 48.3 cm³/mol. The summed E-state index contributed by atoms with van der Waals surface area (Å²) in [6, 6.07) is 3.93. The van der Waals surface area contributed by atoms with E-state index in [4.69, 9.17) is 4.42 Å². The molecule has 14 heavy (non-hydrogen) atoms. The van der Waals surface area contributed by atoms with Crippen molar-refractivity contribution in [3.05, 3.63) is 36.4 Å². The molecule has 2 rings (SSSR count). The maximum atomic E-state index is 5.24. The van der Waals surface area contributed by atoms with Crippen LogP contribution in [0.15, 0.2) is 33.7 Å². The highest BCUT2D eigenvalue weighted by Gasteiger charge is 2.08. The van der Waals surface area contributed by atoms with Gasteiger partial charge in [-0.2, -0.15) is 4.98 Å². The maximum Gasteiger partial charge on any atom is 0.213 e. The summed E-state index contributed by atoms with van der Waals surface area (Å²) in [5.41, 5.74) is 0. The topological polar surface area (TPSA) is 64.1 Å². The lowest BCUT2D eigenvalue weighted by atomic mass is 10.2. The highest BCUT2D eigenvalue weighted by Crippen LogP contribution is 2.12. The third-order valence-corrected chi connectivity index (χ3v) is 1.94. The SMILES string of the molecule is CC(NCc1ncon1)c1ccco1. The Balaban J connectivity index is 1.87. The van der Waals surface area contributed by atoms with Crippen LogP contribution in [-0.2, 0) is 6.54 Å². The second kappa shape index (κ2) is 4.06. The number of hydrogen-bond acceptors (Lipinski definition) is 5. The molecule has 2 aromatic rings. The highest BCUT2D eigenvalue weighted by atomic mass is 16.5. The first-order chi connectivity index (χ1) is 6.86. The minimum atomic E-state index is 0.142. The largest absolute Gasteiger partial charge is 0.468 e. The molecule has 0 fully saturated rings. The number of rotatable bonds is 4. The van der Waals surface area contributed by atoms with Crippen molar-refractivity contribution in [2.75, 3.05) is 0 Å². The molecule has 0 spiro atoms. The molecular formula is C9H11N3O2. The van der Waals surface area contributed by atoms with E-state index in [1.54, 1.807) is 6.26 Å². The van der Waals surface area contributed by atoms with Crippen LogP contribution in [0, 0.1) is 0 Å². The van der Waals surface area contributed by atoms with Crippen molar-refractivity contribution in [2.45, 2.75) is 19.5 Å². The number of hydrogen-bond donors (Lipinski definition) is 1. The molecule has 0 saturated carbocycles. The molecule has 0 aliphatic heterocycles. The van der Waals surface area contributed by atoms with E-state index >= 15 is 0 Å².